The van der Waals surface area contributed by atoms with Gasteiger partial charge in [0.05, 0.1) is 0 Å². The lowest BCUT2D eigenvalue weighted by Gasteiger charge is -2.29. The molecule has 1 aliphatic heterocycles. The van der Waals surface area contributed by atoms with Crippen molar-refractivity contribution >= 4 is 23.6 Å². The Morgan fingerprint density at radius 1 is 1.28 bits per heavy atom. The maximum Gasteiger partial charge on any atom is 0.246 e. The molecule has 0 spiro atoms. The van der Waals surface area contributed by atoms with E-state index >= 15 is 0 Å². The number of carbonyl (C=O) groups is 1. The Hall–Kier alpha value is -1.32. The normalized spacial score (nSPS) is 17.3. The van der Waals surface area contributed by atoms with Crippen LogP contribution in [-0.2, 0) is 4.79 Å². The minimum Gasteiger partial charge on any atom is -0.339 e. The Kier molecular flexibility index (Phi) is 4.39. The first-order valence-electron chi connectivity index (χ1n) is 6.13. The van der Waals surface area contributed by atoms with E-state index in [-0.39, 0.29) is 11.9 Å². The van der Waals surface area contributed by atoms with E-state index in [0.29, 0.717) is 5.02 Å². The van der Waals surface area contributed by atoms with Crippen molar-refractivity contribution < 1.29 is 4.79 Å². The van der Waals surface area contributed by atoms with E-state index in [1.807, 2.05) is 35.2 Å². The zero-order valence-corrected chi connectivity index (χ0v) is 10.9. The molecule has 0 bridgehead atoms. The molecule has 4 heteroatoms. The average molecular weight is 265 g/mol. The Balaban J connectivity index is 1.92. The van der Waals surface area contributed by atoms with Crippen LogP contribution in [0.15, 0.2) is 30.3 Å². The van der Waals surface area contributed by atoms with Gasteiger partial charge in [-0.2, -0.15) is 0 Å². The zero-order valence-electron chi connectivity index (χ0n) is 10.2. The Morgan fingerprint density at radius 2 is 1.89 bits per heavy atom. The molecule has 1 aromatic carbocycles. The second-order valence-corrected chi connectivity index (χ2v) is 4.98. The molecule has 18 heavy (non-hydrogen) atoms. The fourth-order valence-electron chi connectivity index (χ4n) is 1.97. The predicted octanol–water partition coefficient (Wildman–Crippen LogP) is 2.30. The van der Waals surface area contributed by atoms with Crippen molar-refractivity contribution in [3.63, 3.8) is 0 Å². The van der Waals surface area contributed by atoms with Crippen LogP contribution < -0.4 is 5.73 Å². The number of rotatable bonds is 2. The summed E-state index contributed by atoms with van der Waals surface area (Å²) in [7, 11) is 0. The first-order valence-corrected chi connectivity index (χ1v) is 6.51. The van der Waals surface area contributed by atoms with Gasteiger partial charge in [0, 0.05) is 30.2 Å². The lowest BCUT2D eigenvalue weighted by atomic mass is 10.1. The van der Waals surface area contributed by atoms with Crippen molar-refractivity contribution in [3.8, 4) is 0 Å². The smallest absolute Gasteiger partial charge is 0.246 e. The molecule has 2 N–H and O–H groups in total. The fourth-order valence-corrected chi connectivity index (χ4v) is 2.09. The molecule has 1 aromatic rings. The van der Waals surface area contributed by atoms with Gasteiger partial charge < -0.3 is 10.6 Å². The number of nitrogens with zero attached hydrogens (tertiary/aromatic N) is 1. The molecule has 96 valence electrons. The van der Waals surface area contributed by atoms with Gasteiger partial charge in [-0.3, -0.25) is 4.79 Å². The molecular weight excluding hydrogens is 248 g/mol. The second-order valence-electron chi connectivity index (χ2n) is 4.55. The SMILES string of the molecule is NC1CCN(C(=O)/C=C/c2ccc(Cl)cc2)CC1. The van der Waals surface area contributed by atoms with Crippen LogP contribution >= 0.6 is 11.6 Å². The highest BCUT2D eigenvalue weighted by Gasteiger charge is 2.18. The molecule has 0 aliphatic carbocycles. The Labute approximate surface area is 112 Å². The number of benzene rings is 1. The molecule has 3 nitrogen and oxygen atoms in total. The third kappa shape index (κ3) is 3.59. The summed E-state index contributed by atoms with van der Waals surface area (Å²) in [6, 6.07) is 7.64. The van der Waals surface area contributed by atoms with E-state index < -0.39 is 0 Å². The summed E-state index contributed by atoms with van der Waals surface area (Å²) in [5.74, 6) is 0.0526. The predicted molar refractivity (Wildman–Crippen MR) is 74.3 cm³/mol. The van der Waals surface area contributed by atoms with Gasteiger partial charge in [-0.1, -0.05) is 23.7 Å². The maximum absolute atomic E-state index is 11.9. The van der Waals surface area contributed by atoms with Crippen molar-refractivity contribution in [1.29, 1.82) is 0 Å². The summed E-state index contributed by atoms with van der Waals surface area (Å²) >= 11 is 5.80. The highest BCUT2D eigenvalue weighted by Crippen LogP contribution is 2.12. The van der Waals surface area contributed by atoms with Gasteiger partial charge in [0.1, 0.15) is 0 Å². The molecule has 1 amide bonds. The number of carbonyl (C=O) groups excluding carboxylic acids is 1. The van der Waals surface area contributed by atoms with Crippen molar-refractivity contribution in [2.24, 2.45) is 5.73 Å². The van der Waals surface area contributed by atoms with Crippen molar-refractivity contribution in [1.82, 2.24) is 4.90 Å². The van der Waals surface area contributed by atoms with E-state index in [1.54, 1.807) is 6.08 Å². The number of hydrogen-bond donors (Lipinski definition) is 1. The maximum atomic E-state index is 11.9. The van der Waals surface area contributed by atoms with Gasteiger partial charge in [-0.05, 0) is 36.6 Å². The summed E-state index contributed by atoms with van der Waals surface area (Å²) in [4.78, 5) is 13.8. The summed E-state index contributed by atoms with van der Waals surface area (Å²) in [5.41, 5.74) is 6.78. The number of nitrogens with two attached hydrogens (primary N) is 1. The number of piperidine rings is 1. The first-order chi connectivity index (χ1) is 8.65. The zero-order chi connectivity index (χ0) is 13.0. The first kappa shape index (κ1) is 13.1. The lowest BCUT2D eigenvalue weighted by molar-refractivity contribution is -0.126. The standard InChI is InChI=1S/C14H17ClN2O/c15-12-4-1-11(2-5-12)3-6-14(18)17-9-7-13(16)8-10-17/h1-6,13H,7-10,16H2/b6-3+. The van der Waals surface area contributed by atoms with Crippen LogP contribution in [0.5, 0.6) is 0 Å². The Morgan fingerprint density at radius 3 is 2.50 bits per heavy atom. The van der Waals surface area contributed by atoms with Gasteiger partial charge in [-0.15, -0.1) is 0 Å². The van der Waals surface area contributed by atoms with Crippen LogP contribution in [0.25, 0.3) is 6.08 Å². The molecule has 0 atom stereocenters. The van der Waals surface area contributed by atoms with Crippen LogP contribution in [0.1, 0.15) is 18.4 Å². The van der Waals surface area contributed by atoms with Crippen LogP contribution in [0.2, 0.25) is 5.02 Å². The number of likely N-dealkylation sites (tertiary alicyclic amines) is 1. The number of amides is 1. The van der Waals surface area contributed by atoms with E-state index in [1.165, 1.54) is 0 Å². The van der Waals surface area contributed by atoms with Crippen molar-refractivity contribution in [2.45, 2.75) is 18.9 Å². The molecule has 1 aliphatic rings. The molecule has 0 saturated carbocycles. The van der Waals surface area contributed by atoms with Gasteiger partial charge in [0.15, 0.2) is 0 Å². The highest BCUT2D eigenvalue weighted by atomic mass is 35.5. The third-order valence-corrected chi connectivity index (χ3v) is 3.39. The molecular formula is C14H17ClN2O. The van der Waals surface area contributed by atoms with E-state index in [2.05, 4.69) is 0 Å². The number of halogens is 1. The molecule has 2 rings (SSSR count). The van der Waals surface area contributed by atoms with Gasteiger partial charge in [0.25, 0.3) is 0 Å². The monoisotopic (exact) mass is 264 g/mol. The number of hydrogen-bond acceptors (Lipinski definition) is 2. The molecule has 1 fully saturated rings. The van der Waals surface area contributed by atoms with Crippen LogP contribution in [0.3, 0.4) is 0 Å². The largest absolute Gasteiger partial charge is 0.339 e. The summed E-state index contributed by atoms with van der Waals surface area (Å²) < 4.78 is 0. The molecule has 1 heterocycles. The van der Waals surface area contributed by atoms with Crippen LogP contribution in [0.4, 0.5) is 0 Å². The topological polar surface area (TPSA) is 46.3 Å². The quantitative estimate of drug-likeness (QED) is 0.834. The summed E-state index contributed by atoms with van der Waals surface area (Å²) in [5, 5.41) is 0.698. The summed E-state index contributed by atoms with van der Waals surface area (Å²) in [6.45, 7) is 1.51. The second kappa shape index (κ2) is 6.03. The van der Waals surface area contributed by atoms with Gasteiger partial charge in [0.2, 0.25) is 5.91 Å². The fraction of sp³-hybridized carbons (Fsp3) is 0.357. The third-order valence-electron chi connectivity index (χ3n) is 3.14. The Bertz CT molecular complexity index is 434. The van der Waals surface area contributed by atoms with Gasteiger partial charge >= 0.3 is 0 Å². The highest BCUT2D eigenvalue weighted by molar-refractivity contribution is 6.30. The van der Waals surface area contributed by atoms with Crippen molar-refractivity contribution in [3.05, 3.63) is 40.9 Å². The van der Waals surface area contributed by atoms with Crippen molar-refractivity contribution in [2.75, 3.05) is 13.1 Å². The average Bonchev–Trinajstić information content (AvgIpc) is 2.38. The lowest BCUT2D eigenvalue weighted by Crippen LogP contribution is -2.42. The van der Waals surface area contributed by atoms with Crippen LogP contribution in [-0.4, -0.2) is 29.9 Å². The molecule has 0 aromatic heterocycles. The van der Waals surface area contributed by atoms with E-state index in [9.17, 15) is 4.79 Å². The van der Waals surface area contributed by atoms with E-state index in [4.69, 9.17) is 17.3 Å². The molecule has 0 radical (unpaired) electrons. The van der Waals surface area contributed by atoms with Crippen LogP contribution in [0, 0.1) is 0 Å². The molecule has 0 unspecified atom stereocenters. The molecule has 1 saturated heterocycles. The minimum absolute atomic E-state index is 0.0526. The minimum atomic E-state index is 0.0526. The van der Waals surface area contributed by atoms with E-state index in [0.717, 1.165) is 31.5 Å². The summed E-state index contributed by atoms with van der Waals surface area (Å²) in [6.07, 6.45) is 5.20. The van der Waals surface area contributed by atoms with Gasteiger partial charge in [-0.25, -0.2) is 0 Å².